The third-order valence-corrected chi connectivity index (χ3v) is 6.67. The maximum absolute atomic E-state index is 12.4. The minimum Gasteiger partial charge on any atom is -0.296 e. The maximum atomic E-state index is 12.4. The minimum atomic E-state index is -3.39. The summed E-state index contributed by atoms with van der Waals surface area (Å²) in [6.07, 6.45) is 0.244. The van der Waals surface area contributed by atoms with Crippen molar-refractivity contribution >= 4 is 32.2 Å². The quantitative estimate of drug-likeness (QED) is 0.684. The zero-order chi connectivity index (χ0) is 19.4. The predicted octanol–water partition coefficient (Wildman–Crippen LogP) is 3.42. The standard InChI is InChI=1S/C19H19N3O3S2/c1-13-7-9-15(10-8-13)27(24,25)12-11-17-21-22-19(26-17)20-18(23)16-6-4-3-5-14(16)2/h3-10H,11-12H2,1-2H3,(H,20,22,23). The van der Waals surface area contributed by atoms with Gasteiger partial charge in [-0.25, -0.2) is 8.42 Å². The summed E-state index contributed by atoms with van der Waals surface area (Å²) in [4.78, 5) is 12.6. The van der Waals surface area contributed by atoms with Crippen molar-refractivity contribution in [1.82, 2.24) is 10.2 Å². The number of aromatic nitrogens is 2. The third kappa shape index (κ3) is 4.78. The van der Waals surface area contributed by atoms with Gasteiger partial charge in [-0.2, -0.15) is 0 Å². The molecule has 1 aromatic heterocycles. The number of amides is 1. The Morgan fingerprint density at radius 3 is 2.44 bits per heavy atom. The number of benzene rings is 2. The van der Waals surface area contributed by atoms with Crippen LogP contribution in [0.15, 0.2) is 53.4 Å². The van der Waals surface area contributed by atoms with Crippen LogP contribution < -0.4 is 5.32 Å². The fourth-order valence-electron chi connectivity index (χ4n) is 2.48. The van der Waals surface area contributed by atoms with E-state index in [9.17, 15) is 13.2 Å². The van der Waals surface area contributed by atoms with Crippen LogP contribution in [0.1, 0.15) is 26.5 Å². The van der Waals surface area contributed by atoms with Gasteiger partial charge in [-0.1, -0.05) is 47.2 Å². The van der Waals surface area contributed by atoms with Gasteiger partial charge in [-0.3, -0.25) is 10.1 Å². The van der Waals surface area contributed by atoms with Crippen molar-refractivity contribution in [2.75, 3.05) is 11.1 Å². The van der Waals surface area contributed by atoms with Gasteiger partial charge in [0.15, 0.2) is 9.84 Å². The first kappa shape index (κ1) is 19.2. The summed E-state index contributed by atoms with van der Waals surface area (Å²) in [5.74, 6) is -0.320. The lowest BCUT2D eigenvalue weighted by atomic mass is 10.1. The van der Waals surface area contributed by atoms with E-state index in [4.69, 9.17) is 0 Å². The van der Waals surface area contributed by atoms with Crippen LogP contribution >= 0.6 is 11.3 Å². The molecule has 6 nitrogen and oxygen atoms in total. The molecule has 0 aliphatic rings. The second-order valence-corrected chi connectivity index (χ2v) is 9.32. The van der Waals surface area contributed by atoms with Crippen LogP contribution in [-0.2, 0) is 16.3 Å². The van der Waals surface area contributed by atoms with Gasteiger partial charge in [0.25, 0.3) is 5.91 Å². The molecule has 0 fully saturated rings. The minimum absolute atomic E-state index is 0.0591. The van der Waals surface area contributed by atoms with Crippen LogP contribution in [0.25, 0.3) is 0 Å². The Morgan fingerprint density at radius 1 is 1.04 bits per heavy atom. The molecule has 1 N–H and O–H groups in total. The van der Waals surface area contributed by atoms with Crippen LogP contribution in [0.5, 0.6) is 0 Å². The predicted molar refractivity (Wildman–Crippen MR) is 106 cm³/mol. The summed E-state index contributed by atoms with van der Waals surface area (Å²) in [5.41, 5.74) is 2.44. The van der Waals surface area contributed by atoms with Crippen molar-refractivity contribution in [1.29, 1.82) is 0 Å². The topological polar surface area (TPSA) is 89.0 Å². The Hall–Kier alpha value is -2.58. The lowest BCUT2D eigenvalue weighted by molar-refractivity contribution is 0.102. The van der Waals surface area contributed by atoms with E-state index < -0.39 is 9.84 Å². The summed E-state index contributed by atoms with van der Waals surface area (Å²) in [6.45, 7) is 3.76. The molecule has 140 valence electrons. The summed E-state index contributed by atoms with van der Waals surface area (Å²) in [6, 6.07) is 14.0. The van der Waals surface area contributed by atoms with E-state index in [1.54, 1.807) is 36.4 Å². The van der Waals surface area contributed by atoms with Gasteiger partial charge in [0.05, 0.1) is 10.6 Å². The first-order chi connectivity index (χ1) is 12.8. The highest BCUT2D eigenvalue weighted by Gasteiger charge is 2.17. The van der Waals surface area contributed by atoms with Crippen molar-refractivity contribution in [3.05, 3.63) is 70.2 Å². The highest BCUT2D eigenvalue weighted by Crippen LogP contribution is 2.20. The monoisotopic (exact) mass is 401 g/mol. The second-order valence-electron chi connectivity index (χ2n) is 6.15. The Balaban J connectivity index is 1.63. The number of nitrogens with one attached hydrogen (secondary N) is 1. The van der Waals surface area contributed by atoms with Crippen molar-refractivity contribution in [3.63, 3.8) is 0 Å². The first-order valence-corrected chi connectivity index (χ1v) is 10.8. The van der Waals surface area contributed by atoms with Gasteiger partial charge in [-0.15, -0.1) is 10.2 Å². The van der Waals surface area contributed by atoms with Gasteiger partial charge < -0.3 is 0 Å². The van der Waals surface area contributed by atoms with Crippen LogP contribution in [0.4, 0.5) is 5.13 Å². The van der Waals surface area contributed by atoms with Crippen LogP contribution in [-0.4, -0.2) is 30.3 Å². The molecule has 0 radical (unpaired) electrons. The van der Waals surface area contributed by atoms with E-state index in [0.717, 1.165) is 11.1 Å². The molecule has 1 amide bonds. The maximum Gasteiger partial charge on any atom is 0.257 e. The molecule has 8 heteroatoms. The first-order valence-electron chi connectivity index (χ1n) is 8.34. The Kier molecular flexibility index (Phi) is 5.67. The third-order valence-electron chi connectivity index (χ3n) is 4.04. The molecule has 2 aromatic carbocycles. The molecule has 0 aliphatic carbocycles. The molecule has 1 heterocycles. The number of hydrogen-bond donors (Lipinski definition) is 1. The number of sulfone groups is 1. The highest BCUT2D eigenvalue weighted by molar-refractivity contribution is 7.91. The smallest absolute Gasteiger partial charge is 0.257 e. The number of rotatable bonds is 6. The number of nitrogens with zero attached hydrogens (tertiary/aromatic N) is 2. The molecule has 3 aromatic rings. The zero-order valence-corrected chi connectivity index (χ0v) is 16.6. The van der Waals surface area contributed by atoms with Crippen LogP contribution in [0.3, 0.4) is 0 Å². The summed E-state index contributed by atoms with van der Waals surface area (Å²) in [5, 5.41) is 11.5. The Morgan fingerprint density at radius 2 is 1.74 bits per heavy atom. The fraction of sp³-hybridized carbons (Fsp3) is 0.211. The Labute approximate surface area is 162 Å². The van der Waals surface area contributed by atoms with Crippen molar-refractivity contribution < 1.29 is 13.2 Å². The van der Waals surface area contributed by atoms with Crippen molar-refractivity contribution in [2.45, 2.75) is 25.2 Å². The zero-order valence-electron chi connectivity index (χ0n) is 15.0. The van der Waals surface area contributed by atoms with E-state index in [0.29, 0.717) is 20.6 Å². The van der Waals surface area contributed by atoms with Crippen molar-refractivity contribution in [2.24, 2.45) is 0 Å². The largest absolute Gasteiger partial charge is 0.296 e. The SMILES string of the molecule is Cc1ccc(S(=O)(=O)CCc2nnc(NC(=O)c3ccccc3C)s2)cc1. The highest BCUT2D eigenvalue weighted by atomic mass is 32.2. The van der Waals surface area contributed by atoms with Gasteiger partial charge in [0.1, 0.15) is 5.01 Å². The molecule has 0 saturated carbocycles. The van der Waals surface area contributed by atoms with Crippen molar-refractivity contribution in [3.8, 4) is 0 Å². The second kappa shape index (κ2) is 7.98. The molecule has 0 unspecified atom stereocenters. The molecule has 0 saturated heterocycles. The molecule has 0 aliphatic heterocycles. The van der Waals surface area contributed by atoms with Crippen LogP contribution in [0.2, 0.25) is 0 Å². The molecular weight excluding hydrogens is 382 g/mol. The number of aryl methyl sites for hydroxylation is 3. The molecule has 0 bridgehead atoms. The van der Waals surface area contributed by atoms with E-state index >= 15 is 0 Å². The average molecular weight is 402 g/mol. The molecular formula is C19H19N3O3S2. The van der Waals surface area contributed by atoms with Gasteiger partial charge in [0, 0.05) is 12.0 Å². The summed E-state index contributed by atoms with van der Waals surface area (Å²) in [7, 11) is -3.39. The number of anilines is 1. The summed E-state index contributed by atoms with van der Waals surface area (Å²) >= 11 is 1.18. The molecule has 0 spiro atoms. The van der Waals surface area contributed by atoms with E-state index in [-0.39, 0.29) is 18.1 Å². The lowest BCUT2D eigenvalue weighted by Gasteiger charge is -2.04. The number of carbonyl (C=O) groups excluding carboxylic acids is 1. The van der Waals surface area contributed by atoms with E-state index in [1.165, 1.54) is 11.3 Å². The van der Waals surface area contributed by atoms with E-state index in [2.05, 4.69) is 15.5 Å². The van der Waals surface area contributed by atoms with E-state index in [1.807, 2.05) is 26.0 Å². The molecule has 0 atom stereocenters. The van der Waals surface area contributed by atoms with Crippen LogP contribution in [0, 0.1) is 13.8 Å². The lowest BCUT2D eigenvalue weighted by Crippen LogP contribution is -2.12. The molecule has 3 rings (SSSR count). The fourth-order valence-corrected chi connectivity index (χ4v) is 4.59. The average Bonchev–Trinajstić information content (AvgIpc) is 3.08. The van der Waals surface area contributed by atoms with Gasteiger partial charge >= 0.3 is 0 Å². The summed E-state index contributed by atoms with van der Waals surface area (Å²) < 4.78 is 24.8. The number of carbonyl (C=O) groups is 1. The van der Waals surface area contributed by atoms with Gasteiger partial charge in [0.2, 0.25) is 5.13 Å². The van der Waals surface area contributed by atoms with Gasteiger partial charge in [-0.05, 0) is 37.6 Å². The molecule has 27 heavy (non-hydrogen) atoms. The number of hydrogen-bond acceptors (Lipinski definition) is 6. The normalized spacial score (nSPS) is 11.3. The Bertz CT molecular complexity index is 1060.